The third-order valence-corrected chi connectivity index (χ3v) is 3.69. The van der Waals surface area contributed by atoms with Crippen molar-refractivity contribution in [2.75, 3.05) is 24.5 Å². The van der Waals surface area contributed by atoms with Gasteiger partial charge in [-0.3, -0.25) is 0 Å². The van der Waals surface area contributed by atoms with E-state index in [1.165, 1.54) is 0 Å². The van der Waals surface area contributed by atoms with Crippen molar-refractivity contribution >= 4 is 5.69 Å². The number of anilines is 1. The molecular formula is C15H21N3. The second-order valence-electron chi connectivity index (χ2n) is 5.45. The molecule has 0 radical (unpaired) electrons. The lowest BCUT2D eigenvalue weighted by Crippen LogP contribution is -2.49. The molecule has 3 heteroatoms. The molecule has 1 aromatic carbocycles. The fourth-order valence-electron chi connectivity index (χ4n) is 2.57. The van der Waals surface area contributed by atoms with Crippen LogP contribution in [0.25, 0.3) is 0 Å². The first-order valence-electron chi connectivity index (χ1n) is 6.63. The first kappa shape index (κ1) is 12.9. The lowest BCUT2D eigenvalue weighted by molar-refractivity contribution is 0.387. The van der Waals surface area contributed by atoms with Gasteiger partial charge in [0.25, 0.3) is 0 Å². The molecule has 0 amide bonds. The maximum absolute atomic E-state index is 9.26. The van der Waals surface area contributed by atoms with Crippen LogP contribution in [-0.2, 0) is 0 Å². The molecule has 1 aliphatic heterocycles. The minimum atomic E-state index is 0.0837. The number of nitrogens with zero attached hydrogens (tertiary/aromatic N) is 2. The highest BCUT2D eigenvalue weighted by Crippen LogP contribution is 2.30. The second-order valence-corrected chi connectivity index (χ2v) is 5.45. The number of nitrogens with one attached hydrogen (secondary N) is 1. The lowest BCUT2D eigenvalue weighted by atomic mass is 9.94. The maximum Gasteiger partial charge on any atom is 0.101 e. The van der Waals surface area contributed by atoms with E-state index >= 15 is 0 Å². The van der Waals surface area contributed by atoms with E-state index in [1.54, 1.807) is 0 Å². The summed E-state index contributed by atoms with van der Waals surface area (Å²) in [6, 6.07) is 10.2. The van der Waals surface area contributed by atoms with Gasteiger partial charge in [-0.25, -0.2) is 0 Å². The number of para-hydroxylation sites is 1. The van der Waals surface area contributed by atoms with Crippen molar-refractivity contribution in [3.05, 3.63) is 29.8 Å². The first-order valence-corrected chi connectivity index (χ1v) is 6.63. The van der Waals surface area contributed by atoms with Gasteiger partial charge in [0.15, 0.2) is 0 Å². The minimum Gasteiger partial charge on any atom is -0.365 e. The van der Waals surface area contributed by atoms with Crippen LogP contribution in [0.5, 0.6) is 0 Å². The van der Waals surface area contributed by atoms with E-state index in [9.17, 15) is 5.26 Å². The number of rotatable bonds is 1. The van der Waals surface area contributed by atoms with E-state index in [0.29, 0.717) is 0 Å². The molecule has 96 valence electrons. The summed E-state index contributed by atoms with van der Waals surface area (Å²) < 4.78 is 0. The summed E-state index contributed by atoms with van der Waals surface area (Å²) in [5.41, 5.74) is 1.94. The van der Waals surface area contributed by atoms with Crippen molar-refractivity contribution in [2.24, 2.45) is 0 Å². The number of hydrogen-bond acceptors (Lipinski definition) is 3. The van der Waals surface area contributed by atoms with Gasteiger partial charge < -0.3 is 10.2 Å². The average molecular weight is 243 g/mol. The Morgan fingerprint density at radius 1 is 1.28 bits per heavy atom. The Kier molecular flexibility index (Phi) is 3.88. The van der Waals surface area contributed by atoms with Gasteiger partial charge in [0.05, 0.1) is 11.3 Å². The van der Waals surface area contributed by atoms with Crippen molar-refractivity contribution in [2.45, 2.75) is 32.2 Å². The molecule has 2 rings (SSSR count). The zero-order chi connectivity index (χ0) is 13.0. The van der Waals surface area contributed by atoms with Crippen molar-refractivity contribution < 1.29 is 0 Å². The van der Waals surface area contributed by atoms with Crippen molar-refractivity contribution in [1.29, 1.82) is 5.26 Å². The Labute approximate surface area is 109 Å². The Morgan fingerprint density at radius 2 is 2.06 bits per heavy atom. The van der Waals surface area contributed by atoms with Crippen LogP contribution in [0.15, 0.2) is 24.3 Å². The van der Waals surface area contributed by atoms with Gasteiger partial charge in [-0.2, -0.15) is 5.26 Å². The quantitative estimate of drug-likeness (QED) is 0.824. The van der Waals surface area contributed by atoms with Crippen LogP contribution < -0.4 is 10.2 Å². The summed E-state index contributed by atoms with van der Waals surface area (Å²) in [5, 5.41) is 12.7. The molecule has 0 unspecified atom stereocenters. The molecule has 0 aliphatic carbocycles. The average Bonchev–Trinajstić information content (AvgIpc) is 2.35. The van der Waals surface area contributed by atoms with Crippen molar-refractivity contribution in [3.63, 3.8) is 0 Å². The van der Waals surface area contributed by atoms with E-state index in [0.717, 1.165) is 43.7 Å². The number of nitriles is 1. The van der Waals surface area contributed by atoms with Gasteiger partial charge in [-0.15, -0.1) is 0 Å². The van der Waals surface area contributed by atoms with Crippen LogP contribution in [-0.4, -0.2) is 25.2 Å². The predicted molar refractivity (Wildman–Crippen MR) is 74.7 cm³/mol. The van der Waals surface area contributed by atoms with Crippen LogP contribution >= 0.6 is 0 Å². The van der Waals surface area contributed by atoms with Crippen LogP contribution in [0.4, 0.5) is 5.69 Å². The third kappa shape index (κ3) is 2.65. The van der Waals surface area contributed by atoms with Gasteiger partial charge in [0.1, 0.15) is 6.07 Å². The molecule has 1 aliphatic rings. The Bertz CT molecular complexity index is 445. The van der Waals surface area contributed by atoms with Crippen molar-refractivity contribution in [3.8, 4) is 6.07 Å². The van der Waals surface area contributed by atoms with Crippen molar-refractivity contribution in [1.82, 2.24) is 5.32 Å². The van der Waals surface area contributed by atoms with Gasteiger partial charge >= 0.3 is 0 Å². The minimum absolute atomic E-state index is 0.0837. The summed E-state index contributed by atoms with van der Waals surface area (Å²) in [6.07, 6.45) is 2.20. The monoisotopic (exact) mass is 243 g/mol. The summed E-state index contributed by atoms with van der Waals surface area (Å²) in [6.45, 7) is 7.61. The highest BCUT2D eigenvalue weighted by Gasteiger charge is 2.28. The zero-order valence-corrected chi connectivity index (χ0v) is 11.2. The molecule has 1 fully saturated rings. The first-order chi connectivity index (χ1) is 8.65. The molecule has 0 saturated carbocycles. The topological polar surface area (TPSA) is 39.1 Å². The van der Waals surface area contributed by atoms with Gasteiger partial charge in [0.2, 0.25) is 0 Å². The molecule has 18 heavy (non-hydrogen) atoms. The molecule has 0 bridgehead atoms. The van der Waals surface area contributed by atoms with E-state index in [4.69, 9.17) is 0 Å². The fraction of sp³-hybridized carbons (Fsp3) is 0.533. The molecule has 3 nitrogen and oxygen atoms in total. The van der Waals surface area contributed by atoms with Crippen LogP contribution in [0.2, 0.25) is 0 Å². The maximum atomic E-state index is 9.26. The highest BCUT2D eigenvalue weighted by atomic mass is 15.2. The third-order valence-electron chi connectivity index (χ3n) is 3.69. The lowest BCUT2D eigenvalue weighted by Gasteiger charge is -2.42. The van der Waals surface area contributed by atoms with E-state index < -0.39 is 0 Å². The Balaban J connectivity index is 2.36. The van der Waals surface area contributed by atoms with Crippen LogP contribution in [0.1, 0.15) is 32.3 Å². The number of hydrogen-bond donors (Lipinski definition) is 1. The van der Waals surface area contributed by atoms with Crippen LogP contribution in [0.3, 0.4) is 0 Å². The Hall–Kier alpha value is -1.53. The SMILES string of the molecule is CC1(C)CCNCCCN1c1ccccc1C#N. The second kappa shape index (κ2) is 5.41. The normalized spacial score (nSPS) is 19.7. The number of benzene rings is 1. The molecule has 0 aromatic heterocycles. The summed E-state index contributed by atoms with van der Waals surface area (Å²) >= 11 is 0. The van der Waals surface area contributed by atoms with Gasteiger partial charge in [-0.05, 0) is 51.9 Å². The smallest absolute Gasteiger partial charge is 0.101 e. The summed E-state index contributed by atoms with van der Waals surface area (Å²) in [5.74, 6) is 0. The standard InChI is InChI=1S/C15H21N3/c1-15(2)8-10-17-9-5-11-18(15)14-7-4-3-6-13(14)12-16/h3-4,6-7,17H,5,8-11H2,1-2H3. The van der Waals surface area contributed by atoms with E-state index in [1.807, 2.05) is 18.2 Å². The molecule has 0 spiro atoms. The van der Waals surface area contributed by atoms with Gasteiger partial charge in [0, 0.05) is 12.1 Å². The largest absolute Gasteiger partial charge is 0.365 e. The molecule has 1 heterocycles. The fourth-order valence-corrected chi connectivity index (χ4v) is 2.57. The zero-order valence-electron chi connectivity index (χ0n) is 11.2. The van der Waals surface area contributed by atoms with E-state index in [2.05, 4.69) is 36.2 Å². The Morgan fingerprint density at radius 3 is 2.83 bits per heavy atom. The van der Waals surface area contributed by atoms with Gasteiger partial charge in [-0.1, -0.05) is 12.1 Å². The van der Waals surface area contributed by atoms with Crippen LogP contribution in [0, 0.1) is 11.3 Å². The van der Waals surface area contributed by atoms with E-state index in [-0.39, 0.29) is 5.54 Å². The highest BCUT2D eigenvalue weighted by molar-refractivity contribution is 5.60. The molecular weight excluding hydrogens is 222 g/mol. The molecule has 1 N–H and O–H groups in total. The summed E-state index contributed by atoms with van der Waals surface area (Å²) in [7, 11) is 0. The summed E-state index contributed by atoms with van der Waals surface area (Å²) in [4.78, 5) is 2.40. The predicted octanol–water partition coefficient (Wildman–Crippen LogP) is 2.53. The molecule has 1 aromatic rings. The molecule has 1 saturated heterocycles. The molecule has 0 atom stereocenters.